The lowest BCUT2D eigenvalue weighted by atomic mass is 10.1. The van der Waals surface area contributed by atoms with E-state index in [-0.39, 0.29) is 5.91 Å². The molecule has 0 atom stereocenters. The number of rotatable bonds is 3. The summed E-state index contributed by atoms with van der Waals surface area (Å²) in [4.78, 5) is 16.9. The van der Waals surface area contributed by atoms with Gasteiger partial charge < -0.3 is 10.2 Å². The Hall–Kier alpha value is -1.39. The molecule has 1 amide bonds. The van der Waals surface area contributed by atoms with Crippen molar-refractivity contribution in [3.05, 3.63) is 35.4 Å². The number of amides is 1. The summed E-state index contributed by atoms with van der Waals surface area (Å²) in [6.07, 6.45) is 3.55. The first-order chi connectivity index (χ1) is 10.3. The average molecular weight is 287 g/mol. The highest BCUT2D eigenvalue weighted by molar-refractivity contribution is 5.94. The van der Waals surface area contributed by atoms with Crippen molar-refractivity contribution in [2.75, 3.05) is 39.3 Å². The van der Waals surface area contributed by atoms with Gasteiger partial charge in [-0.3, -0.25) is 9.69 Å². The van der Waals surface area contributed by atoms with Gasteiger partial charge in [0.05, 0.1) is 0 Å². The van der Waals surface area contributed by atoms with Crippen molar-refractivity contribution in [1.29, 1.82) is 0 Å². The first-order valence-corrected chi connectivity index (χ1v) is 8.14. The van der Waals surface area contributed by atoms with E-state index in [1.165, 1.54) is 12.0 Å². The lowest BCUT2D eigenvalue weighted by molar-refractivity contribution is 0.0724. The van der Waals surface area contributed by atoms with E-state index in [9.17, 15) is 4.79 Å². The summed E-state index contributed by atoms with van der Waals surface area (Å²) in [7, 11) is 0. The van der Waals surface area contributed by atoms with Gasteiger partial charge in [0.15, 0.2) is 0 Å². The fourth-order valence-electron chi connectivity index (χ4n) is 3.16. The largest absolute Gasteiger partial charge is 0.339 e. The van der Waals surface area contributed by atoms with Gasteiger partial charge in [0, 0.05) is 51.4 Å². The zero-order valence-corrected chi connectivity index (χ0v) is 12.7. The highest BCUT2D eigenvalue weighted by atomic mass is 16.2. The highest BCUT2D eigenvalue weighted by Gasteiger charge is 2.18. The SMILES string of the molecule is O=C(c1ccc(CN2CCNCC2)cc1)N1CCCCC1. The summed E-state index contributed by atoms with van der Waals surface area (Å²) in [5.74, 6) is 0.198. The summed E-state index contributed by atoms with van der Waals surface area (Å²) < 4.78 is 0. The molecular weight excluding hydrogens is 262 g/mol. The van der Waals surface area contributed by atoms with Crippen molar-refractivity contribution < 1.29 is 4.79 Å². The van der Waals surface area contributed by atoms with E-state index in [0.717, 1.165) is 64.2 Å². The van der Waals surface area contributed by atoms with E-state index in [0.29, 0.717) is 0 Å². The number of carbonyl (C=O) groups is 1. The minimum Gasteiger partial charge on any atom is -0.339 e. The van der Waals surface area contributed by atoms with E-state index >= 15 is 0 Å². The molecule has 114 valence electrons. The molecule has 0 unspecified atom stereocenters. The number of hydrogen-bond acceptors (Lipinski definition) is 3. The monoisotopic (exact) mass is 287 g/mol. The molecule has 1 N–H and O–H groups in total. The maximum atomic E-state index is 12.4. The standard InChI is InChI=1S/C17H25N3O/c21-17(20-10-2-1-3-11-20)16-6-4-15(5-7-16)14-19-12-8-18-9-13-19/h4-7,18H,1-3,8-14H2. The zero-order valence-electron chi connectivity index (χ0n) is 12.7. The number of likely N-dealkylation sites (tertiary alicyclic amines) is 1. The zero-order chi connectivity index (χ0) is 14.5. The first-order valence-electron chi connectivity index (χ1n) is 8.14. The van der Waals surface area contributed by atoms with Crippen LogP contribution in [0.25, 0.3) is 0 Å². The minimum atomic E-state index is 0.198. The quantitative estimate of drug-likeness (QED) is 0.919. The molecule has 2 saturated heterocycles. The molecule has 3 rings (SSSR count). The van der Waals surface area contributed by atoms with Crippen molar-refractivity contribution in [2.45, 2.75) is 25.8 Å². The maximum absolute atomic E-state index is 12.4. The maximum Gasteiger partial charge on any atom is 0.253 e. The molecule has 0 aromatic heterocycles. The van der Waals surface area contributed by atoms with Gasteiger partial charge in [0.25, 0.3) is 5.91 Å². The molecule has 2 fully saturated rings. The van der Waals surface area contributed by atoms with Crippen molar-refractivity contribution in [3.63, 3.8) is 0 Å². The molecular formula is C17H25N3O. The Kier molecular flexibility index (Phi) is 4.88. The van der Waals surface area contributed by atoms with E-state index in [1.54, 1.807) is 0 Å². The number of piperazine rings is 1. The summed E-state index contributed by atoms with van der Waals surface area (Å²) in [5.41, 5.74) is 2.13. The van der Waals surface area contributed by atoms with Gasteiger partial charge in [0.2, 0.25) is 0 Å². The van der Waals surface area contributed by atoms with E-state index in [2.05, 4.69) is 22.3 Å². The second-order valence-electron chi connectivity index (χ2n) is 6.08. The smallest absolute Gasteiger partial charge is 0.253 e. The number of carbonyl (C=O) groups excluding carboxylic acids is 1. The Labute approximate surface area is 127 Å². The second-order valence-corrected chi connectivity index (χ2v) is 6.08. The third-order valence-electron chi connectivity index (χ3n) is 4.46. The number of piperidine rings is 1. The van der Waals surface area contributed by atoms with Crippen molar-refractivity contribution in [3.8, 4) is 0 Å². The Balaban J connectivity index is 1.59. The molecule has 0 saturated carbocycles. The molecule has 0 radical (unpaired) electrons. The highest BCUT2D eigenvalue weighted by Crippen LogP contribution is 2.14. The van der Waals surface area contributed by atoms with Crippen LogP contribution in [0.1, 0.15) is 35.2 Å². The van der Waals surface area contributed by atoms with Crippen LogP contribution >= 0.6 is 0 Å². The van der Waals surface area contributed by atoms with Crippen LogP contribution in [0.3, 0.4) is 0 Å². The Morgan fingerprint density at radius 3 is 2.29 bits per heavy atom. The van der Waals surface area contributed by atoms with Gasteiger partial charge in [-0.2, -0.15) is 0 Å². The number of hydrogen-bond donors (Lipinski definition) is 1. The van der Waals surface area contributed by atoms with Gasteiger partial charge in [-0.25, -0.2) is 0 Å². The lowest BCUT2D eigenvalue weighted by Crippen LogP contribution is -2.42. The molecule has 0 bridgehead atoms. The Bertz CT molecular complexity index is 459. The molecule has 2 aliphatic heterocycles. The van der Waals surface area contributed by atoms with Crippen LogP contribution in [-0.4, -0.2) is 55.0 Å². The number of benzene rings is 1. The molecule has 2 heterocycles. The van der Waals surface area contributed by atoms with Crippen LogP contribution in [0.15, 0.2) is 24.3 Å². The van der Waals surface area contributed by atoms with Crippen LogP contribution in [0, 0.1) is 0 Å². The predicted octanol–water partition coefficient (Wildman–Crippen LogP) is 1.72. The van der Waals surface area contributed by atoms with Crippen LogP contribution < -0.4 is 5.32 Å². The van der Waals surface area contributed by atoms with Crippen LogP contribution in [0.2, 0.25) is 0 Å². The number of nitrogens with one attached hydrogen (secondary N) is 1. The predicted molar refractivity (Wildman–Crippen MR) is 84.3 cm³/mol. The average Bonchev–Trinajstić information content (AvgIpc) is 2.57. The van der Waals surface area contributed by atoms with Crippen LogP contribution in [0.5, 0.6) is 0 Å². The molecule has 4 nitrogen and oxygen atoms in total. The van der Waals surface area contributed by atoms with Gasteiger partial charge in [-0.1, -0.05) is 12.1 Å². The summed E-state index contributed by atoms with van der Waals surface area (Å²) in [5, 5.41) is 3.37. The first kappa shape index (κ1) is 14.5. The normalized spacial score (nSPS) is 20.5. The van der Waals surface area contributed by atoms with Gasteiger partial charge >= 0.3 is 0 Å². The third kappa shape index (κ3) is 3.83. The van der Waals surface area contributed by atoms with Crippen LogP contribution in [-0.2, 0) is 6.54 Å². The number of nitrogens with zero attached hydrogens (tertiary/aromatic N) is 2. The van der Waals surface area contributed by atoms with Crippen molar-refractivity contribution >= 4 is 5.91 Å². The third-order valence-corrected chi connectivity index (χ3v) is 4.46. The topological polar surface area (TPSA) is 35.6 Å². The summed E-state index contributed by atoms with van der Waals surface area (Å²) in [6, 6.07) is 8.21. The fourth-order valence-corrected chi connectivity index (χ4v) is 3.16. The Morgan fingerprint density at radius 2 is 1.62 bits per heavy atom. The molecule has 1 aromatic rings. The van der Waals surface area contributed by atoms with Crippen LogP contribution in [0.4, 0.5) is 0 Å². The molecule has 0 spiro atoms. The van der Waals surface area contributed by atoms with E-state index in [4.69, 9.17) is 0 Å². The van der Waals surface area contributed by atoms with Crippen molar-refractivity contribution in [1.82, 2.24) is 15.1 Å². The molecule has 4 heteroatoms. The second kappa shape index (κ2) is 7.05. The molecule has 2 aliphatic rings. The fraction of sp³-hybridized carbons (Fsp3) is 0.588. The summed E-state index contributed by atoms with van der Waals surface area (Å²) in [6.45, 7) is 7.18. The van der Waals surface area contributed by atoms with Gasteiger partial charge in [-0.15, -0.1) is 0 Å². The lowest BCUT2D eigenvalue weighted by Gasteiger charge is -2.28. The van der Waals surface area contributed by atoms with Gasteiger partial charge in [-0.05, 0) is 37.0 Å². The van der Waals surface area contributed by atoms with Gasteiger partial charge in [0.1, 0.15) is 0 Å². The Morgan fingerprint density at radius 1 is 0.952 bits per heavy atom. The van der Waals surface area contributed by atoms with Crippen molar-refractivity contribution in [2.24, 2.45) is 0 Å². The molecule has 21 heavy (non-hydrogen) atoms. The summed E-state index contributed by atoms with van der Waals surface area (Å²) >= 11 is 0. The minimum absolute atomic E-state index is 0.198. The van der Waals surface area contributed by atoms with E-state index in [1.807, 2.05) is 17.0 Å². The molecule has 0 aliphatic carbocycles. The van der Waals surface area contributed by atoms with E-state index < -0.39 is 0 Å². The molecule has 1 aromatic carbocycles.